The molecular formula is C21H25N3O3. The fourth-order valence-electron chi connectivity index (χ4n) is 6.04. The van der Waals surface area contributed by atoms with Gasteiger partial charge in [0.25, 0.3) is 0 Å². The van der Waals surface area contributed by atoms with E-state index in [1.807, 2.05) is 45.9 Å². The molecule has 5 rings (SSSR count). The molecule has 4 aliphatic heterocycles. The van der Waals surface area contributed by atoms with Crippen LogP contribution in [0.1, 0.15) is 44.7 Å². The van der Waals surface area contributed by atoms with Gasteiger partial charge in [0, 0.05) is 22.8 Å². The number of benzene rings is 1. The number of amides is 3. The minimum absolute atomic E-state index is 0.0454. The number of nitrogens with one attached hydrogen (secondary N) is 1. The lowest BCUT2D eigenvalue weighted by molar-refractivity contribution is -0.150. The second kappa shape index (κ2) is 4.98. The molecule has 142 valence electrons. The van der Waals surface area contributed by atoms with Crippen molar-refractivity contribution in [2.24, 2.45) is 11.8 Å². The van der Waals surface area contributed by atoms with Crippen molar-refractivity contribution < 1.29 is 14.4 Å². The highest BCUT2D eigenvalue weighted by Crippen LogP contribution is 2.61. The predicted molar refractivity (Wildman–Crippen MR) is 99.8 cm³/mol. The molecule has 1 spiro atoms. The molecule has 1 aromatic carbocycles. The number of nitrogens with zero attached hydrogens (tertiary/aromatic N) is 2. The van der Waals surface area contributed by atoms with Gasteiger partial charge in [0.05, 0.1) is 11.8 Å². The van der Waals surface area contributed by atoms with E-state index in [1.54, 1.807) is 0 Å². The predicted octanol–water partition coefficient (Wildman–Crippen LogP) is 2.02. The molecule has 4 unspecified atom stereocenters. The maximum absolute atomic E-state index is 13.6. The highest BCUT2D eigenvalue weighted by Gasteiger charge is 2.75. The lowest BCUT2D eigenvalue weighted by Crippen LogP contribution is -2.56. The Labute approximate surface area is 158 Å². The molecule has 0 radical (unpaired) electrons. The molecule has 3 amide bonds. The Morgan fingerprint density at radius 1 is 1.15 bits per heavy atom. The topological polar surface area (TPSA) is 69.7 Å². The zero-order valence-corrected chi connectivity index (χ0v) is 16.2. The van der Waals surface area contributed by atoms with Crippen LogP contribution in [0.15, 0.2) is 18.2 Å². The Balaban J connectivity index is 1.77. The van der Waals surface area contributed by atoms with E-state index in [9.17, 15) is 14.4 Å². The van der Waals surface area contributed by atoms with E-state index in [2.05, 4.69) is 10.2 Å². The van der Waals surface area contributed by atoms with Gasteiger partial charge < -0.3 is 5.32 Å². The number of rotatable bonds is 0. The van der Waals surface area contributed by atoms with Crippen LogP contribution in [0.2, 0.25) is 0 Å². The van der Waals surface area contributed by atoms with Gasteiger partial charge in [0.15, 0.2) is 0 Å². The highest BCUT2D eigenvalue weighted by molar-refractivity contribution is 6.15. The number of para-hydroxylation sites is 1. The molecule has 0 aliphatic carbocycles. The normalized spacial score (nSPS) is 35.0. The molecule has 3 saturated heterocycles. The Hall–Kier alpha value is -2.21. The summed E-state index contributed by atoms with van der Waals surface area (Å²) in [6.45, 7) is 8.37. The number of aryl methyl sites for hydroxylation is 1. The standard InChI is InChI=1S/C21H25N3O3/c1-11-7-5-8-12-16(11)22-19(27)21(12)15-14(13-9-6-10-23(13)21)17(25)24(18(15)26)20(2,3)4/h5,7-8,13-15H,6,9-10H2,1-4H3,(H,22,27). The average Bonchev–Trinajstić information content (AvgIpc) is 3.26. The van der Waals surface area contributed by atoms with Crippen LogP contribution in [-0.4, -0.2) is 45.6 Å². The zero-order valence-electron chi connectivity index (χ0n) is 16.2. The lowest BCUT2D eigenvalue weighted by atomic mass is 9.75. The number of carbonyl (C=O) groups is 3. The number of hydrogen-bond acceptors (Lipinski definition) is 4. The summed E-state index contributed by atoms with van der Waals surface area (Å²) in [6.07, 6.45) is 1.80. The van der Waals surface area contributed by atoms with E-state index in [4.69, 9.17) is 0 Å². The highest BCUT2D eigenvalue weighted by atomic mass is 16.2. The molecular weight excluding hydrogens is 342 g/mol. The quantitative estimate of drug-likeness (QED) is 0.713. The van der Waals surface area contributed by atoms with Crippen molar-refractivity contribution in [1.29, 1.82) is 0 Å². The molecule has 1 aromatic rings. The van der Waals surface area contributed by atoms with Crippen LogP contribution < -0.4 is 5.32 Å². The van der Waals surface area contributed by atoms with Gasteiger partial charge in [-0.2, -0.15) is 0 Å². The van der Waals surface area contributed by atoms with Gasteiger partial charge in [-0.25, -0.2) is 0 Å². The first kappa shape index (κ1) is 16.9. The Morgan fingerprint density at radius 2 is 1.89 bits per heavy atom. The van der Waals surface area contributed by atoms with Crippen LogP contribution in [0, 0.1) is 18.8 Å². The van der Waals surface area contributed by atoms with E-state index in [-0.39, 0.29) is 23.8 Å². The zero-order chi connectivity index (χ0) is 19.3. The van der Waals surface area contributed by atoms with Crippen molar-refractivity contribution in [3.8, 4) is 0 Å². The molecule has 0 saturated carbocycles. The average molecular weight is 367 g/mol. The molecule has 27 heavy (non-hydrogen) atoms. The van der Waals surface area contributed by atoms with Crippen LogP contribution in [0.5, 0.6) is 0 Å². The number of anilines is 1. The van der Waals surface area contributed by atoms with Crippen molar-refractivity contribution in [1.82, 2.24) is 9.80 Å². The number of hydrogen-bond donors (Lipinski definition) is 1. The summed E-state index contributed by atoms with van der Waals surface area (Å²) in [6, 6.07) is 5.82. The van der Waals surface area contributed by atoms with Gasteiger partial charge in [-0.05, 0) is 52.6 Å². The summed E-state index contributed by atoms with van der Waals surface area (Å²) in [5.41, 5.74) is 1.02. The fourth-order valence-corrected chi connectivity index (χ4v) is 6.04. The Kier molecular flexibility index (Phi) is 3.12. The summed E-state index contributed by atoms with van der Waals surface area (Å²) < 4.78 is 0. The van der Waals surface area contributed by atoms with Gasteiger partial charge in [-0.1, -0.05) is 18.2 Å². The maximum Gasteiger partial charge on any atom is 0.250 e. The third kappa shape index (κ3) is 1.77. The number of likely N-dealkylation sites (tertiary alicyclic amines) is 1. The van der Waals surface area contributed by atoms with Gasteiger partial charge in [-0.15, -0.1) is 0 Å². The number of fused-ring (bicyclic) bond motifs is 7. The first-order chi connectivity index (χ1) is 12.7. The molecule has 0 aromatic heterocycles. The second-order valence-corrected chi connectivity index (χ2v) is 9.31. The van der Waals surface area contributed by atoms with E-state index >= 15 is 0 Å². The van der Waals surface area contributed by atoms with Crippen LogP contribution in [0.25, 0.3) is 0 Å². The minimum atomic E-state index is -1.06. The number of imide groups is 1. The van der Waals surface area contributed by atoms with E-state index < -0.39 is 22.9 Å². The minimum Gasteiger partial charge on any atom is -0.324 e. The van der Waals surface area contributed by atoms with Crippen molar-refractivity contribution in [2.45, 2.75) is 57.7 Å². The van der Waals surface area contributed by atoms with E-state index in [0.717, 1.165) is 36.2 Å². The van der Waals surface area contributed by atoms with Crippen LogP contribution in [0.4, 0.5) is 5.69 Å². The Bertz CT molecular complexity index is 902. The van der Waals surface area contributed by atoms with Crippen molar-refractivity contribution in [2.75, 3.05) is 11.9 Å². The summed E-state index contributed by atoms with van der Waals surface area (Å²) in [5, 5.41) is 3.05. The van der Waals surface area contributed by atoms with Crippen molar-refractivity contribution >= 4 is 23.4 Å². The summed E-state index contributed by atoms with van der Waals surface area (Å²) in [4.78, 5) is 44.0. The molecule has 4 atom stereocenters. The number of carbonyl (C=O) groups excluding carboxylic acids is 3. The van der Waals surface area contributed by atoms with Crippen LogP contribution >= 0.6 is 0 Å². The maximum atomic E-state index is 13.6. The second-order valence-electron chi connectivity index (χ2n) is 9.31. The van der Waals surface area contributed by atoms with Crippen molar-refractivity contribution in [3.05, 3.63) is 29.3 Å². The van der Waals surface area contributed by atoms with Gasteiger partial charge >= 0.3 is 0 Å². The third-order valence-electron chi connectivity index (χ3n) is 6.91. The molecule has 4 aliphatic rings. The molecule has 6 nitrogen and oxygen atoms in total. The van der Waals surface area contributed by atoms with E-state index in [0.29, 0.717) is 0 Å². The first-order valence-electron chi connectivity index (χ1n) is 9.77. The molecule has 0 bridgehead atoms. The Morgan fingerprint density at radius 3 is 2.59 bits per heavy atom. The first-order valence-corrected chi connectivity index (χ1v) is 9.77. The third-order valence-corrected chi connectivity index (χ3v) is 6.91. The fraction of sp³-hybridized carbons (Fsp3) is 0.571. The lowest BCUT2D eigenvalue weighted by Gasteiger charge is -2.38. The summed E-state index contributed by atoms with van der Waals surface area (Å²) in [7, 11) is 0. The van der Waals surface area contributed by atoms with E-state index in [1.165, 1.54) is 4.90 Å². The smallest absolute Gasteiger partial charge is 0.250 e. The monoisotopic (exact) mass is 367 g/mol. The van der Waals surface area contributed by atoms with Gasteiger partial charge in [0.2, 0.25) is 17.7 Å². The van der Waals surface area contributed by atoms with Crippen LogP contribution in [-0.2, 0) is 19.9 Å². The largest absolute Gasteiger partial charge is 0.324 e. The molecule has 6 heteroatoms. The molecule has 1 N–H and O–H groups in total. The van der Waals surface area contributed by atoms with Gasteiger partial charge in [0.1, 0.15) is 5.54 Å². The summed E-state index contributed by atoms with van der Waals surface area (Å²) >= 11 is 0. The van der Waals surface area contributed by atoms with Gasteiger partial charge in [-0.3, -0.25) is 24.2 Å². The van der Waals surface area contributed by atoms with Crippen LogP contribution in [0.3, 0.4) is 0 Å². The molecule has 4 heterocycles. The summed E-state index contributed by atoms with van der Waals surface area (Å²) in [5.74, 6) is -1.53. The molecule has 3 fully saturated rings. The SMILES string of the molecule is Cc1cccc2c1NC(=O)C21C2C(=O)N(C(C)(C)C)C(=O)C2C2CCCN21. The van der Waals surface area contributed by atoms with Crippen molar-refractivity contribution in [3.63, 3.8) is 0 Å².